The Morgan fingerprint density at radius 1 is 1.53 bits per heavy atom. The lowest BCUT2D eigenvalue weighted by Crippen LogP contribution is -2.42. The molecule has 1 aromatic carbocycles. The van der Waals surface area contributed by atoms with Crippen molar-refractivity contribution in [1.82, 2.24) is 0 Å². The van der Waals surface area contributed by atoms with Crippen molar-refractivity contribution >= 4 is 17.6 Å². The van der Waals surface area contributed by atoms with Crippen LogP contribution in [-0.4, -0.2) is 38.7 Å². The lowest BCUT2D eigenvalue weighted by molar-refractivity contribution is -0.125. The molecule has 98 valence electrons. The number of morpholine rings is 1. The molecule has 2 rings (SSSR count). The molecule has 1 aliphatic rings. The molecule has 1 saturated heterocycles. The van der Waals surface area contributed by atoms with E-state index in [2.05, 4.69) is 4.74 Å². The Balaban J connectivity index is 2.46. The van der Waals surface area contributed by atoms with Gasteiger partial charge in [-0.05, 0) is 18.2 Å². The molecule has 1 fully saturated rings. The lowest BCUT2D eigenvalue weighted by atomic mass is 10.1. The molecule has 1 aromatic rings. The van der Waals surface area contributed by atoms with Crippen LogP contribution in [0.5, 0.6) is 0 Å². The average Bonchev–Trinajstić information content (AvgIpc) is 2.46. The zero-order valence-corrected chi connectivity index (χ0v) is 10.4. The molecule has 1 aliphatic heterocycles. The number of esters is 1. The van der Waals surface area contributed by atoms with Crippen molar-refractivity contribution in [1.29, 1.82) is 5.26 Å². The smallest absolute Gasteiger partial charge is 0.340 e. The van der Waals surface area contributed by atoms with Gasteiger partial charge >= 0.3 is 5.97 Å². The third-order valence-corrected chi connectivity index (χ3v) is 2.81. The second-order valence-corrected chi connectivity index (χ2v) is 3.93. The summed E-state index contributed by atoms with van der Waals surface area (Å²) in [5.74, 6) is -0.799. The first-order valence-electron chi connectivity index (χ1n) is 5.68. The van der Waals surface area contributed by atoms with E-state index in [1.54, 1.807) is 12.1 Å². The highest BCUT2D eigenvalue weighted by Gasteiger charge is 2.25. The first kappa shape index (κ1) is 13.1. The van der Waals surface area contributed by atoms with Crippen molar-refractivity contribution in [3.63, 3.8) is 0 Å². The molecule has 0 atom stereocenters. The molecular weight excluding hydrogens is 248 g/mol. The predicted molar refractivity (Wildman–Crippen MR) is 65.7 cm³/mol. The molecule has 0 aliphatic carbocycles. The predicted octanol–water partition coefficient (Wildman–Crippen LogP) is 0.708. The van der Waals surface area contributed by atoms with Crippen LogP contribution in [0, 0.1) is 11.3 Å². The molecule has 0 aromatic heterocycles. The average molecular weight is 260 g/mol. The Bertz CT molecular complexity index is 562. The van der Waals surface area contributed by atoms with Gasteiger partial charge in [-0.25, -0.2) is 4.79 Å². The quantitative estimate of drug-likeness (QED) is 0.731. The number of hydrogen-bond acceptors (Lipinski definition) is 5. The van der Waals surface area contributed by atoms with Crippen molar-refractivity contribution in [3.05, 3.63) is 29.3 Å². The van der Waals surface area contributed by atoms with Crippen LogP contribution < -0.4 is 4.90 Å². The monoisotopic (exact) mass is 260 g/mol. The van der Waals surface area contributed by atoms with Crippen molar-refractivity contribution in [2.24, 2.45) is 0 Å². The number of anilines is 1. The fourth-order valence-corrected chi connectivity index (χ4v) is 1.89. The van der Waals surface area contributed by atoms with Crippen molar-refractivity contribution < 1.29 is 19.1 Å². The number of rotatable bonds is 2. The molecule has 1 heterocycles. The van der Waals surface area contributed by atoms with Crippen molar-refractivity contribution in [3.8, 4) is 6.07 Å². The lowest BCUT2D eigenvalue weighted by Gasteiger charge is -2.28. The maximum Gasteiger partial charge on any atom is 0.340 e. The molecule has 1 amide bonds. The van der Waals surface area contributed by atoms with Crippen LogP contribution >= 0.6 is 0 Å². The zero-order chi connectivity index (χ0) is 13.8. The van der Waals surface area contributed by atoms with Crippen molar-refractivity contribution in [2.75, 3.05) is 31.8 Å². The molecule has 0 unspecified atom stereocenters. The van der Waals surface area contributed by atoms with Gasteiger partial charge in [0.05, 0.1) is 36.6 Å². The summed E-state index contributed by atoms with van der Waals surface area (Å²) < 4.78 is 9.73. The van der Waals surface area contributed by atoms with E-state index in [-0.39, 0.29) is 18.1 Å². The van der Waals surface area contributed by atoms with E-state index in [0.29, 0.717) is 24.4 Å². The van der Waals surface area contributed by atoms with E-state index in [1.807, 2.05) is 6.07 Å². The summed E-state index contributed by atoms with van der Waals surface area (Å²) in [4.78, 5) is 25.0. The summed E-state index contributed by atoms with van der Waals surface area (Å²) in [6.45, 7) is 0.766. The van der Waals surface area contributed by atoms with Crippen molar-refractivity contribution in [2.45, 2.75) is 0 Å². The molecule has 0 radical (unpaired) electrons. The van der Waals surface area contributed by atoms with Gasteiger partial charge in [-0.1, -0.05) is 0 Å². The molecule has 0 saturated carbocycles. The van der Waals surface area contributed by atoms with Gasteiger partial charge < -0.3 is 14.4 Å². The van der Waals surface area contributed by atoms with Gasteiger partial charge in [-0.2, -0.15) is 5.26 Å². The summed E-state index contributed by atoms with van der Waals surface area (Å²) in [5, 5.41) is 8.87. The van der Waals surface area contributed by atoms with Gasteiger partial charge in [-0.3, -0.25) is 4.79 Å². The number of methoxy groups -OCH3 is 1. The molecule has 0 bridgehead atoms. The maximum absolute atomic E-state index is 11.8. The van der Waals surface area contributed by atoms with E-state index in [9.17, 15) is 9.59 Å². The zero-order valence-electron chi connectivity index (χ0n) is 10.4. The number of nitrogens with zero attached hydrogens (tertiary/aromatic N) is 2. The van der Waals surface area contributed by atoms with Crippen LogP contribution in [0.2, 0.25) is 0 Å². The molecule has 19 heavy (non-hydrogen) atoms. The molecular formula is C13H12N2O4. The Morgan fingerprint density at radius 3 is 2.95 bits per heavy atom. The largest absolute Gasteiger partial charge is 0.465 e. The highest BCUT2D eigenvalue weighted by molar-refractivity contribution is 6.03. The number of nitriles is 1. The first-order chi connectivity index (χ1) is 9.17. The number of benzene rings is 1. The van der Waals surface area contributed by atoms with E-state index < -0.39 is 5.97 Å². The van der Waals surface area contributed by atoms with Crippen LogP contribution in [0.15, 0.2) is 18.2 Å². The normalized spacial score (nSPS) is 14.9. The summed E-state index contributed by atoms with van der Waals surface area (Å²) in [7, 11) is 1.26. The number of ether oxygens (including phenoxy) is 2. The second-order valence-electron chi connectivity index (χ2n) is 3.93. The van der Waals surface area contributed by atoms with Crippen LogP contribution in [-0.2, 0) is 14.3 Å². The Kier molecular flexibility index (Phi) is 3.78. The summed E-state index contributed by atoms with van der Waals surface area (Å²) >= 11 is 0. The molecule has 6 nitrogen and oxygen atoms in total. The summed E-state index contributed by atoms with van der Waals surface area (Å²) in [5.41, 5.74) is 0.987. The van der Waals surface area contributed by atoms with Crippen LogP contribution in [0.1, 0.15) is 15.9 Å². The maximum atomic E-state index is 11.8. The van der Waals surface area contributed by atoms with Crippen LogP contribution in [0.25, 0.3) is 0 Å². The van der Waals surface area contributed by atoms with Crippen LogP contribution in [0.3, 0.4) is 0 Å². The van der Waals surface area contributed by atoms with E-state index in [1.165, 1.54) is 18.1 Å². The SMILES string of the molecule is COC(=O)c1cc(C#N)ccc1N1CCOCC1=O. The Morgan fingerprint density at radius 2 is 2.32 bits per heavy atom. The first-order valence-corrected chi connectivity index (χ1v) is 5.68. The van der Waals surface area contributed by atoms with Crippen LogP contribution in [0.4, 0.5) is 5.69 Å². The van der Waals surface area contributed by atoms with Gasteiger partial charge in [0, 0.05) is 6.54 Å². The molecule has 6 heteroatoms. The van der Waals surface area contributed by atoms with Gasteiger partial charge in [0.2, 0.25) is 0 Å². The number of hydrogen-bond donors (Lipinski definition) is 0. The van der Waals surface area contributed by atoms with Gasteiger partial charge in [0.25, 0.3) is 5.91 Å². The van der Waals surface area contributed by atoms with Gasteiger partial charge in [0.1, 0.15) is 6.61 Å². The third kappa shape index (κ3) is 2.56. The number of amides is 1. The Hall–Kier alpha value is -2.39. The van der Waals surface area contributed by atoms with E-state index >= 15 is 0 Å². The van der Waals surface area contributed by atoms with E-state index in [4.69, 9.17) is 10.00 Å². The van der Waals surface area contributed by atoms with Gasteiger partial charge in [-0.15, -0.1) is 0 Å². The van der Waals surface area contributed by atoms with Gasteiger partial charge in [0.15, 0.2) is 0 Å². The minimum Gasteiger partial charge on any atom is -0.465 e. The Labute approximate surface area is 110 Å². The molecule has 0 N–H and O–H groups in total. The number of carbonyl (C=O) groups is 2. The minimum atomic E-state index is -0.577. The highest BCUT2D eigenvalue weighted by Crippen LogP contribution is 2.24. The topological polar surface area (TPSA) is 79.6 Å². The highest BCUT2D eigenvalue weighted by atomic mass is 16.5. The second kappa shape index (κ2) is 5.50. The summed E-state index contributed by atoms with van der Waals surface area (Å²) in [6, 6.07) is 6.51. The molecule has 0 spiro atoms. The fraction of sp³-hybridized carbons (Fsp3) is 0.308. The standard InChI is InChI=1S/C13H12N2O4/c1-18-13(17)10-6-9(7-14)2-3-11(10)15-4-5-19-8-12(15)16/h2-3,6H,4-5,8H2,1H3. The van der Waals surface area contributed by atoms with E-state index in [0.717, 1.165) is 0 Å². The minimum absolute atomic E-state index is 0.0133. The fourth-order valence-electron chi connectivity index (χ4n) is 1.89. The third-order valence-electron chi connectivity index (χ3n) is 2.81. The summed E-state index contributed by atoms with van der Waals surface area (Å²) in [6.07, 6.45) is 0. The number of carbonyl (C=O) groups excluding carboxylic acids is 2.